The van der Waals surface area contributed by atoms with Gasteiger partial charge < -0.3 is 5.11 Å². The third-order valence-electron chi connectivity index (χ3n) is 4.72. The molecule has 2 heterocycles. The highest BCUT2D eigenvalue weighted by Gasteiger charge is 2.45. The molecule has 4 nitrogen and oxygen atoms in total. The summed E-state index contributed by atoms with van der Waals surface area (Å²) in [6.07, 6.45) is 0.641. The van der Waals surface area contributed by atoms with Crippen LogP contribution in [0.4, 0.5) is 0 Å². The molecule has 1 aromatic carbocycles. The summed E-state index contributed by atoms with van der Waals surface area (Å²) in [6.45, 7) is 6.60. The molecule has 0 bridgehead atoms. The van der Waals surface area contributed by atoms with E-state index < -0.39 is 6.23 Å². The van der Waals surface area contributed by atoms with Crippen LogP contribution in [-0.4, -0.2) is 34.9 Å². The van der Waals surface area contributed by atoms with Gasteiger partial charge in [-0.2, -0.15) is 0 Å². The lowest BCUT2D eigenvalue weighted by molar-refractivity contribution is 0.0210. The van der Waals surface area contributed by atoms with Crippen LogP contribution in [0.2, 0.25) is 0 Å². The number of hydrogen-bond donors (Lipinski definition) is 3. The highest BCUT2D eigenvalue weighted by Crippen LogP contribution is 2.32. The van der Waals surface area contributed by atoms with E-state index >= 15 is 0 Å². The van der Waals surface area contributed by atoms with E-state index in [1.54, 1.807) is 0 Å². The second-order valence-corrected chi connectivity index (χ2v) is 6.40. The number of likely N-dealkylation sites (tertiary alicyclic amines) is 1. The van der Waals surface area contributed by atoms with Gasteiger partial charge in [-0.25, -0.2) is 5.43 Å². The Morgan fingerprint density at radius 2 is 2.00 bits per heavy atom. The Bertz CT molecular complexity index is 437. The molecule has 4 atom stereocenters. The summed E-state index contributed by atoms with van der Waals surface area (Å²) in [6, 6.07) is 11.4. The number of aliphatic hydroxyl groups excluding tert-OH is 1. The summed E-state index contributed by atoms with van der Waals surface area (Å²) in [5, 5.41) is 10.0. The number of benzene rings is 1. The minimum absolute atomic E-state index is 0.328. The van der Waals surface area contributed by atoms with E-state index in [1.807, 2.05) is 0 Å². The largest absolute Gasteiger partial charge is 0.377 e. The highest BCUT2D eigenvalue weighted by molar-refractivity contribution is 5.15. The van der Waals surface area contributed by atoms with Crippen LogP contribution in [0, 0.1) is 11.8 Å². The predicted molar refractivity (Wildman–Crippen MR) is 79.7 cm³/mol. The van der Waals surface area contributed by atoms with E-state index in [1.165, 1.54) is 5.56 Å². The van der Waals surface area contributed by atoms with Crippen molar-refractivity contribution in [3.63, 3.8) is 0 Å². The van der Waals surface area contributed by atoms with Crippen molar-refractivity contribution in [3.8, 4) is 0 Å². The Balaban J connectivity index is 1.77. The quantitative estimate of drug-likeness (QED) is 0.779. The summed E-state index contributed by atoms with van der Waals surface area (Å²) in [5.41, 5.74) is 7.69. The highest BCUT2D eigenvalue weighted by atomic mass is 16.3. The van der Waals surface area contributed by atoms with Gasteiger partial charge in [0.05, 0.1) is 0 Å². The van der Waals surface area contributed by atoms with Crippen LogP contribution in [0.5, 0.6) is 0 Å². The Morgan fingerprint density at radius 1 is 1.25 bits per heavy atom. The van der Waals surface area contributed by atoms with Crippen molar-refractivity contribution in [2.75, 3.05) is 6.54 Å². The molecule has 0 spiro atoms. The molecule has 0 amide bonds. The summed E-state index contributed by atoms with van der Waals surface area (Å²) in [7, 11) is 0. The maximum absolute atomic E-state index is 10.0. The third kappa shape index (κ3) is 2.61. The summed E-state index contributed by atoms with van der Waals surface area (Å²) in [4.78, 5) is 2.56. The normalized spacial score (nSPS) is 34.4. The average molecular weight is 275 g/mol. The first-order chi connectivity index (χ1) is 9.66. The van der Waals surface area contributed by atoms with Gasteiger partial charge in [0.2, 0.25) is 0 Å². The van der Waals surface area contributed by atoms with Crippen molar-refractivity contribution >= 4 is 0 Å². The summed E-state index contributed by atoms with van der Waals surface area (Å²) >= 11 is 0. The SMILES string of the molecule is CC(C)C1C2NNC(O)C2CCN1Cc1ccccc1. The first kappa shape index (κ1) is 14.0. The molecule has 3 rings (SSSR count). The number of hydrazine groups is 1. The van der Waals surface area contributed by atoms with E-state index in [0.29, 0.717) is 23.9 Å². The summed E-state index contributed by atoms with van der Waals surface area (Å²) < 4.78 is 0. The minimum Gasteiger partial charge on any atom is -0.377 e. The van der Waals surface area contributed by atoms with Crippen LogP contribution >= 0.6 is 0 Å². The van der Waals surface area contributed by atoms with Crippen molar-refractivity contribution in [3.05, 3.63) is 35.9 Å². The second kappa shape index (κ2) is 5.82. The first-order valence-corrected chi connectivity index (χ1v) is 7.64. The van der Waals surface area contributed by atoms with Crippen LogP contribution in [0.25, 0.3) is 0 Å². The average Bonchev–Trinajstić information content (AvgIpc) is 2.81. The number of nitrogens with zero attached hydrogens (tertiary/aromatic N) is 1. The van der Waals surface area contributed by atoms with E-state index in [4.69, 9.17) is 0 Å². The number of fused-ring (bicyclic) bond motifs is 1. The molecule has 0 saturated carbocycles. The van der Waals surface area contributed by atoms with Gasteiger partial charge in [-0.3, -0.25) is 10.3 Å². The fraction of sp³-hybridized carbons (Fsp3) is 0.625. The van der Waals surface area contributed by atoms with Gasteiger partial charge in [0.1, 0.15) is 6.23 Å². The van der Waals surface area contributed by atoms with E-state index in [-0.39, 0.29) is 0 Å². The number of rotatable bonds is 3. The van der Waals surface area contributed by atoms with Crippen molar-refractivity contribution in [2.45, 2.75) is 45.1 Å². The molecule has 2 aliphatic rings. The number of hydrogen-bond acceptors (Lipinski definition) is 4. The Kier molecular flexibility index (Phi) is 4.08. The molecular formula is C16H25N3O. The molecule has 0 aliphatic carbocycles. The maximum atomic E-state index is 10.0. The topological polar surface area (TPSA) is 47.5 Å². The number of piperidine rings is 1. The fourth-order valence-electron chi connectivity index (χ4n) is 3.80. The zero-order valence-electron chi connectivity index (χ0n) is 12.3. The molecule has 0 radical (unpaired) electrons. The lowest BCUT2D eigenvalue weighted by atomic mass is 9.81. The van der Waals surface area contributed by atoms with Gasteiger partial charge >= 0.3 is 0 Å². The van der Waals surface area contributed by atoms with Gasteiger partial charge in [-0.15, -0.1) is 0 Å². The Labute approximate surface area is 121 Å². The predicted octanol–water partition coefficient (Wildman–Crippen LogP) is 1.33. The van der Waals surface area contributed by atoms with E-state index in [0.717, 1.165) is 19.5 Å². The van der Waals surface area contributed by atoms with Gasteiger partial charge in [0.25, 0.3) is 0 Å². The molecule has 110 valence electrons. The Morgan fingerprint density at radius 3 is 2.70 bits per heavy atom. The molecule has 20 heavy (non-hydrogen) atoms. The van der Waals surface area contributed by atoms with Crippen molar-refractivity contribution in [2.24, 2.45) is 11.8 Å². The zero-order valence-corrected chi connectivity index (χ0v) is 12.3. The first-order valence-electron chi connectivity index (χ1n) is 7.64. The monoisotopic (exact) mass is 275 g/mol. The molecular weight excluding hydrogens is 250 g/mol. The molecule has 4 heteroatoms. The van der Waals surface area contributed by atoms with Crippen molar-refractivity contribution < 1.29 is 5.11 Å². The standard InChI is InChI=1S/C16H25N3O/c1-11(2)15-14-13(16(20)18-17-14)8-9-19(15)10-12-6-4-3-5-7-12/h3-7,11,13-18,20H,8-10H2,1-2H3. The van der Waals surface area contributed by atoms with Crippen molar-refractivity contribution in [1.82, 2.24) is 15.8 Å². The molecule has 0 aromatic heterocycles. The van der Waals surface area contributed by atoms with Crippen LogP contribution in [0.1, 0.15) is 25.8 Å². The lowest BCUT2D eigenvalue weighted by Gasteiger charge is -2.45. The summed E-state index contributed by atoms with van der Waals surface area (Å²) in [5.74, 6) is 0.889. The number of nitrogens with one attached hydrogen (secondary N) is 2. The van der Waals surface area contributed by atoms with E-state index in [2.05, 4.69) is 59.9 Å². The Hall–Kier alpha value is -0.940. The lowest BCUT2D eigenvalue weighted by Crippen LogP contribution is -2.57. The van der Waals surface area contributed by atoms with Gasteiger partial charge in [-0.05, 0) is 24.4 Å². The molecule has 2 aliphatic heterocycles. The second-order valence-electron chi connectivity index (χ2n) is 6.40. The molecule has 4 unspecified atom stereocenters. The molecule has 2 fully saturated rings. The van der Waals surface area contributed by atoms with Crippen LogP contribution in [-0.2, 0) is 6.54 Å². The van der Waals surface area contributed by atoms with E-state index in [9.17, 15) is 5.11 Å². The smallest absolute Gasteiger partial charge is 0.121 e. The van der Waals surface area contributed by atoms with Crippen molar-refractivity contribution in [1.29, 1.82) is 0 Å². The zero-order chi connectivity index (χ0) is 14.1. The third-order valence-corrected chi connectivity index (χ3v) is 4.72. The fourth-order valence-corrected chi connectivity index (χ4v) is 3.80. The van der Waals surface area contributed by atoms with Crippen LogP contribution in [0.3, 0.4) is 0 Å². The molecule has 3 N–H and O–H groups in total. The van der Waals surface area contributed by atoms with Crippen LogP contribution in [0.15, 0.2) is 30.3 Å². The van der Waals surface area contributed by atoms with Gasteiger partial charge in [-0.1, -0.05) is 44.2 Å². The van der Waals surface area contributed by atoms with Crippen LogP contribution < -0.4 is 10.9 Å². The molecule has 1 aromatic rings. The van der Waals surface area contributed by atoms with Gasteiger partial charge in [0, 0.05) is 24.5 Å². The molecule has 2 saturated heterocycles. The van der Waals surface area contributed by atoms with Gasteiger partial charge in [0.15, 0.2) is 0 Å². The number of aliphatic hydroxyl groups is 1. The maximum Gasteiger partial charge on any atom is 0.121 e. The minimum atomic E-state index is -0.403.